The second-order valence-electron chi connectivity index (χ2n) is 4.62. The van der Waals surface area contributed by atoms with Gasteiger partial charge in [0, 0.05) is 11.0 Å². The summed E-state index contributed by atoms with van der Waals surface area (Å²) in [6.45, 7) is 2.44. The van der Waals surface area contributed by atoms with E-state index in [9.17, 15) is 9.18 Å². The Hall–Kier alpha value is -1.68. The van der Waals surface area contributed by atoms with Gasteiger partial charge in [-0.05, 0) is 64.7 Å². The molecule has 20 heavy (non-hydrogen) atoms. The van der Waals surface area contributed by atoms with Crippen LogP contribution in [0.15, 0.2) is 46.9 Å². The molecule has 0 aliphatic heterocycles. The minimum Gasteiger partial charge on any atom is -0.352 e. The van der Waals surface area contributed by atoms with Crippen LogP contribution in [-0.2, 0) is 6.42 Å². The van der Waals surface area contributed by atoms with E-state index < -0.39 is 0 Å². The van der Waals surface area contributed by atoms with E-state index in [0.717, 1.165) is 15.6 Å². The lowest BCUT2D eigenvalue weighted by atomic mass is 10.1. The number of aryl methyl sites for hydroxylation is 1. The van der Waals surface area contributed by atoms with E-state index >= 15 is 0 Å². The average Bonchev–Trinajstić information content (AvgIpc) is 2.38. The number of carbonyl (C=O) groups is 1. The van der Waals surface area contributed by atoms with Crippen LogP contribution in [0.5, 0.6) is 0 Å². The quantitative estimate of drug-likeness (QED) is 0.902. The molecule has 4 heteroatoms. The van der Waals surface area contributed by atoms with E-state index in [1.54, 1.807) is 12.1 Å². The maximum Gasteiger partial charge on any atom is 0.252 e. The fourth-order valence-electron chi connectivity index (χ4n) is 1.91. The summed E-state index contributed by atoms with van der Waals surface area (Å²) in [7, 11) is 0. The standard InChI is InChI=1S/C16H15BrFNO/c1-11-5-6-14(15(17)9-11)16(20)19-8-7-12-3-2-4-13(18)10-12/h2-6,9-10H,7-8H2,1H3,(H,19,20). The minimum atomic E-state index is -0.255. The molecule has 1 N–H and O–H groups in total. The normalized spacial score (nSPS) is 10.3. The monoisotopic (exact) mass is 335 g/mol. The van der Waals surface area contributed by atoms with E-state index in [1.165, 1.54) is 12.1 Å². The van der Waals surface area contributed by atoms with E-state index in [0.29, 0.717) is 18.5 Å². The molecule has 0 unspecified atom stereocenters. The van der Waals surface area contributed by atoms with Crippen molar-refractivity contribution in [3.63, 3.8) is 0 Å². The van der Waals surface area contributed by atoms with Crippen molar-refractivity contribution < 1.29 is 9.18 Å². The zero-order valence-electron chi connectivity index (χ0n) is 11.1. The molecule has 104 valence electrons. The van der Waals surface area contributed by atoms with Gasteiger partial charge in [-0.3, -0.25) is 4.79 Å². The van der Waals surface area contributed by atoms with Crippen molar-refractivity contribution >= 4 is 21.8 Å². The van der Waals surface area contributed by atoms with Crippen molar-refractivity contribution in [2.75, 3.05) is 6.54 Å². The van der Waals surface area contributed by atoms with Gasteiger partial charge in [0.15, 0.2) is 0 Å². The number of hydrogen-bond donors (Lipinski definition) is 1. The topological polar surface area (TPSA) is 29.1 Å². The van der Waals surface area contributed by atoms with Gasteiger partial charge < -0.3 is 5.32 Å². The molecule has 2 nitrogen and oxygen atoms in total. The minimum absolute atomic E-state index is 0.131. The highest BCUT2D eigenvalue weighted by Gasteiger charge is 2.09. The summed E-state index contributed by atoms with van der Waals surface area (Å²) in [6.07, 6.45) is 0.604. The summed E-state index contributed by atoms with van der Waals surface area (Å²) < 4.78 is 13.8. The van der Waals surface area contributed by atoms with Gasteiger partial charge in [-0.2, -0.15) is 0 Å². The summed E-state index contributed by atoms with van der Waals surface area (Å²) in [6, 6.07) is 12.0. The van der Waals surface area contributed by atoms with Crippen LogP contribution in [0.25, 0.3) is 0 Å². The zero-order valence-corrected chi connectivity index (χ0v) is 12.7. The molecule has 0 spiro atoms. The van der Waals surface area contributed by atoms with Gasteiger partial charge >= 0.3 is 0 Å². The largest absolute Gasteiger partial charge is 0.352 e. The first-order valence-electron chi connectivity index (χ1n) is 6.35. The molecule has 0 atom stereocenters. The molecule has 0 saturated carbocycles. The number of halogens is 2. The van der Waals surface area contributed by atoms with Crippen LogP contribution < -0.4 is 5.32 Å². The first-order chi connectivity index (χ1) is 9.56. The number of carbonyl (C=O) groups excluding carboxylic acids is 1. The Kier molecular flexibility index (Phi) is 4.90. The summed E-state index contributed by atoms with van der Waals surface area (Å²) in [5.41, 5.74) is 2.57. The number of benzene rings is 2. The fraction of sp³-hybridized carbons (Fsp3) is 0.188. The van der Waals surface area contributed by atoms with Crippen LogP contribution in [0.2, 0.25) is 0 Å². The molecule has 0 aliphatic rings. The van der Waals surface area contributed by atoms with Crippen LogP contribution in [0.3, 0.4) is 0 Å². The third-order valence-electron chi connectivity index (χ3n) is 2.96. The molecule has 2 rings (SSSR count). The van der Waals surface area contributed by atoms with E-state index in [-0.39, 0.29) is 11.7 Å². The number of nitrogens with one attached hydrogen (secondary N) is 1. The molecular formula is C16H15BrFNO. The number of amides is 1. The molecule has 1 amide bonds. The van der Waals surface area contributed by atoms with Crippen molar-refractivity contribution in [1.29, 1.82) is 0 Å². The van der Waals surface area contributed by atoms with Gasteiger partial charge in [-0.15, -0.1) is 0 Å². The highest BCUT2D eigenvalue weighted by molar-refractivity contribution is 9.10. The summed E-state index contributed by atoms with van der Waals surface area (Å²) in [5.74, 6) is -0.386. The predicted molar refractivity (Wildman–Crippen MR) is 81.3 cm³/mol. The first-order valence-corrected chi connectivity index (χ1v) is 7.14. The number of hydrogen-bond acceptors (Lipinski definition) is 1. The molecule has 0 saturated heterocycles. The SMILES string of the molecule is Cc1ccc(C(=O)NCCc2cccc(F)c2)c(Br)c1. The lowest BCUT2D eigenvalue weighted by molar-refractivity contribution is 0.0953. The second kappa shape index (κ2) is 6.66. The van der Waals surface area contributed by atoms with Crippen LogP contribution in [0.4, 0.5) is 4.39 Å². The first kappa shape index (κ1) is 14.7. The molecule has 0 bridgehead atoms. The Morgan fingerprint density at radius 1 is 1.25 bits per heavy atom. The molecule has 2 aromatic carbocycles. The van der Waals surface area contributed by atoms with Crippen LogP contribution >= 0.6 is 15.9 Å². The third kappa shape index (κ3) is 3.90. The number of rotatable bonds is 4. The summed E-state index contributed by atoms with van der Waals surface area (Å²) in [4.78, 5) is 12.0. The zero-order chi connectivity index (χ0) is 14.5. The van der Waals surface area contributed by atoms with Crippen molar-refractivity contribution in [2.24, 2.45) is 0 Å². The Labute approximate surface area is 126 Å². The lowest BCUT2D eigenvalue weighted by Gasteiger charge is -2.07. The van der Waals surface area contributed by atoms with E-state index in [1.807, 2.05) is 25.1 Å². The molecule has 0 radical (unpaired) electrons. The van der Waals surface area contributed by atoms with Crippen molar-refractivity contribution in [3.05, 3.63) is 69.4 Å². The lowest BCUT2D eigenvalue weighted by Crippen LogP contribution is -2.26. The summed E-state index contributed by atoms with van der Waals surface area (Å²) in [5, 5.41) is 2.84. The van der Waals surface area contributed by atoms with Gasteiger partial charge in [0.2, 0.25) is 0 Å². The van der Waals surface area contributed by atoms with Gasteiger partial charge in [-0.1, -0.05) is 18.2 Å². The van der Waals surface area contributed by atoms with E-state index in [4.69, 9.17) is 0 Å². The van der Waals surface area contributed by atoms with Gasteiger partial charge in [0.25, 0.3) is 5.91 Å². The summed E-state index contributed by atoms with van der Waals surface area (Å²) >= 11 is 3.38. The van der Waals surface area contributed by atoms with Crippen LogP contribution in [0, 0.1) is 12.7 Å². The molecule has 2 aromatic rings. The van der Waals surface area contributed by atoms with Crippen molar-refractivity contribution in [2.45, 2.75) is 13.3 Å². The fourth-order valence-corrected chi connectivity index (χ4v) is 2.59. The molecule has 0 heterocycles. The van der Waals surface area contributed by atoms with Crippen molar-refractivity contribution in [1.82, 2.24) is 5.32 Å². The maximum absolute atomic E-state index is 13.0. The molecular weight excluding hydrogens is 321 g/mol. The van der Waals surface area contributed by atoms with Crippen molar-refractivity contribution in [3.8, 4) is 0 Å². The molecule has 0 fully saturated rings. The van der Waals surface area contributed by atoms with Gasteiger partial charge in [-0.25, -0.2) is 4.39 Å². The van der Waals surface area contributed by atoms with Gasteiger partial charge in [0.1, 0.15) is 5.82 Å². The molecule has 0 aliphatic carbocycles. The highest BCUT2D eigenvalue weighted by Crippen LogP contribution is 2.18. The van der Waals surface area contributed by atoms with Crippen LogP contribution in [-0.4, -0.2) is 12.5 Å². The van der Waals surface area contributed by atoms with Gasteiger partial charge in [0.05, 0.1) is 5.56 Å². The Morgan fingerprint density at radius 2 is 2.05 bits per heavy atom. The Bertz CT molecular complexity index is 628. The van der Waals surface area contributed by atoms with Crippen LogP contribution in [0.1, 0.15) is 21.5 Å². The Balaban J connectivity index is 1.92. The smallest absolute Gasteiger partial charge is 0.252 e. The average molecular weight is 336 g/mol. The maximum atomic E-state index is 13.0. The van der Waals surface area contributed by atoms with E-state index in [2.05, 4.69) is 21.2 Å². The highest BCUT2D eigenvalue weighted by atomic mass is 79.9. The second-order valence-corrected chi connectivity index (χ2v) is 5.47. The molecule has 0 aromatic heterocycles. The predicted octanol–water partition coefficient (Wildman–Crippen LogP) is 3.87. The third-order valence-corrected chi connectivity index (χ3v) is 3.61. The Morgan fingerprint density at radius 3 is 2.75 bits per heavy atom.